The van der Waals surface area contributed by atoms with Crippen LogP contribution in [0.3, 0.4) is 0 Å². The van der Waals surface area contributed by atoms with Crippen LogP contribution in [-0.4, -0.2) is 5.78 Å². The van der Waals surface area contributed by atoms with Crippen molar-refractivity contribution in [2.24, 2.45) is 0 Å². The zero-order valence-corrected chi connectivity index (χ0v) is 12.8. The van der Waals surface area contributed by atoms with E-state index in [1.54, 1.807) is 0 Å². The zero-order chi connectivity index (χ0) is 14.1. The van der Waals surface area contributed by atoms with Gasteiger partial charge in [-0.05, 0) is 25.8 Å². The lowest BCUT2D eigenvalue weighted by molar-refractivity contribution is 0.0978. The molecular weight excluding hydrogens is 232 g/mol. The first kappa shape index (κ1) is 15.9. The summed E-state index contributed by atoms with van der Waals surface area (Å²) in [5, 5.41) is 0. The quantitative estimate of drug-likeness (QED) is 0.415. The molecule has 0 unspecified atom stereocenters. The SMILES string of the molecule is CCCCCCCCCC(=O)c1ccc(C)cc1C. The smallest absolute Gasteiger partial charge is 0.163 e. The molecule has 0 aromatic heterocycles. The average molecular weight is 260 g/mol. The highest BCUT2D eigenvalue weighted by molar-refractivity contribution is 5.97. The van der Waals surface area contributed by atoms with E-state index in [1.165, 1.54) is 44.1 Å². The summed E-state index contributed by atoms with van der Waals surface area (Å²) in [5.41, 5.74) is 3.26. The molecule has 1 aromatic rings. The molecule has 0 bridgehead atoms. The molecule has 1 rings (SSSR count). The van der Waals surface area contributed by atoms with E-state index in [-0.39, 0.29) is 0 Å². The van der Waals surface area contributed by atoms with Crippen LogP contribution in [0.5, 0.6) is 0 Å². The van der Waals surface area contributed by atoms with Crippen molar-refractivity contribution < 1.29 is 4.79 Å². The summed E-state index contributed by atoms with van der Waals surface area (Å²) in [6.07, 6.45) is 9.54. The zero-order valence-electron chi connectivity index (χ0n) is 12.8. The molecule has 0 saturated heterocycles. The topological polar surface area (TPSA) is 17.1 Å². The Hall–Kier alpha value is -1.11. The molecule has 0 saturated carbocycles. The van der Waals surface area contributed by atoms with Gasteiger partial charge < -0.3 is 0 Å². The third-order valence-electron chi connectivity index (χ3n) is 3.69. The van der Waals surface area contributed by atoms with Gasteiger partial charge in [0, 0.05) is 12.0 Å². The number of rotatable bonds is 9. The number of benzene rings is 1. The van der Waals surface area contributed by atoms with Crippen LogP contribution in [-0.2, 0) is 0 Å². The molecule has 0 aliphatic carbocycles. The molecule has 0 spiro atoms. The van der Waals surface area contributed by atoms with Gasteiger partial charge in [0.1, 0.15) is 0 Å². The van der Waals surface area contributed by atoms with E-state index < -0.39 is 0 Å². The van der Waals surface area contributed by atoms with Crippen molar-refractivity contribution in [1.29, 1.82) is 0 Å². The standard InChI is InChI=1S/C18H28O/c1-4-5-6-7-8-9-10-11-18(19)17-13-12-15(2)14-16(17)3/h12-14H,4-11H2,1-3H3. The maximum atomic E-state index is 12.1. The third-order valence-corrected chi connectivity index (χ3v) is 3.69. The van der Waals surface area contributed by atoms with Gasteiger partial charge in [-0.25, -0.2) is 0 Å². The van der Waals surface area contributed by atoms with Gasteiger partial charge in [-0.2, -0.15) is 0 Å². The van der Waals surface area contributed by atoms with Gasteiger partial charge in [0.25, 0.3) is 0 Å². The van der Waals surface area contributed by atoms with Gasteiger partial charge in [0.05, 0.1) is 0 Å². The molecule has 0 N–H and O–H groups in total. The summed E-state index contributed by atoms with van der Waals surface area (Å²) < 4.78 is 0. The highest BCUT2D eigenvalue weighted by Gasteiger charge is 2.08. The summed E-state index contributed by atoms with van der Waals surface area (Å²) in [6.45, 7) is 6.34. The lowest BCUT2D eigenvalue weighted by atomic mass is 9.98. The molecule has 0 aliphatic rings. The minimum atomic E-state index is 0.311. The number of carbonyl (C=O) groups is 1. The number of carbonyl (C=O) groups excluding carboxylic acids is 1. The van der Waals surface area contributed by atoms with E-state index in [2.05, 4.69) is 19.9 Å². The van der Waals surface area contributed by atoms with Gasteiger partial charge in [0.15, 0.2) is 5.78 Å². The van der Waals surface area contributed by atoms with Crippen molar-refractivity contribution >= 4 is 5.78 Å². The second-order valence-electron chi connectivity index (χ2n) is 5.61. The summed E-state index contributed by atoms with van der Waals surface area (Å²) in [5.74, 6) is 0.311. The molecule has 0 atom stereocenters. The molecule has 106 valence electrons. The van der Waals surface area contributed by atoms with Gasteiger partial charge in [0.2, 0.25) is 0 Å². The minimum absolute atomic E-state index is 0.311. The second-order valence-corrected chi connectivity index (χ2v) is 5.61. The van der Waals surface area contributed by atoms with E-state index in [0.717, 1.165) is 17.5 Å². The van der Waals surface area contributed by atoms with E-state index >= 15 is 0 Å². The van der Waals surface area contributed by atoms with Crippen LogP contribution in [0.1, 0.15) is 79.8 Å². The van der Waals surface area contributed by atoms with Gasteiger partial charge in [-0.15, -0.1) is 0 Å². The number of hydrogen-bond acceptors (Lipinski definition) is 1. The molecule has 0 fully saturated rings. The number of unbranched alkanes of at least 4 members (excludes halogenated alkanes) is 6. The van der Waals surface area contributed by atoms with Crippen LogP contribution in [0.4, 0.5) is 0 Å². The van der Waals surface area contributed by atoms with Crippen molar-refractivity contribution in [3.8, 4) is 0 Å². The van der Waals surface area contributed by atoms with E-state index in [0.29, 0.717) is 12.2 Å². The first-order valence-electron chi connectivity index (χ1n) is 7.75. The molecule has 0 amide bonds. The van der Waals surface area contributed by atoms with E-state index in [4.69, 9.17) is 0 Å². The summed E-state index contributed by atoms with van der Waals surface area (Å²) in [7, 11) is 0. The first-order chi connectivity index (χ1) is 9.15. The van der Waals surface area contributed by atoms with Crippen molar-refractivity contribution in [2.45, 2.75) is 72.1 Å². The largest absolute Gasteiger partial charge is 0.294 e. The molecule has 19 heavy (non-hydrogen) atoms. The van der Waals surface area contributed by atoms with Crippen molar-refractivity contribution in [3.05, 3.63) is 34.9 Å². The fourth-order valence-electron chi connectivity index (χ4n) is 2.50. The van der Waals surface area contributed by atoms with Crippen LogP contribution in [0.15, 0.2) is 18.2 Å². The summed E-state index contributed by atoms with van der Waals surface area (Å²) in [4.78, 5) is 12.1. The van der Waals surface area contributed by atoms with Gasteiger partial charge >= 0.3 is 0 Å². The van der Waals surface area contributed by atoms with Crippen LogP contribution in [0.25, 0.3) is 0 Å². The van der Waals surface area contributed by atoms with Gasteiger partial charge in [-0.3, -0.25) is 4.79 Å². The Bertz CT molecular complexity index is 393. The average Bonchev–Trinajstić information content (AvgIpc) is 2.37. The Morgan fingerprint density at radius 3 is 2.21 bits per heavy atom. The van der Waals surface area contributed by atoms with Crippen molar-refractivity contribution in [3.63, 3.8) is 0 Å². The predicted molar refractivity (Wildman–Crippen MR) is 82.9 cm³/mol. The van der Waals surface area contributed by atoms with Crippen LogP contribution in [0.2, 0.25) is 0 Å². The summed E-state index contributed by atoms with van der Waals surface area (Å²) >= 11 is 0. The van der Waals surface area contributed by atoms with Gasteiger partial charge in [-0.1, -0.05) is 69.2 Å². The van der Waals surface area contributed by atoms with Crippen molar-refractivity contribution in [1.82, 2.24) is 0 Å². The fourth-order valence-corrected chi connectivity index (χ4v) is 2.50. The Morgan fingerprint density at radius 1 is 0.947 bits per heavy atom. The summed E-state index contributed by atoms with van der Waals surface area (Å²) in [6, 6.07) is 6.11. The predicted octanol–water partition coefficient (Wildman–Crippen LogP) is 5.63. The molecular formula is C18H28O. The molecule has 0 aliphatic heterocycles. The fraction of sp³-hybridized carbons (Fsp3) is 0.611. The third kappa shape index (κ3) is 6.04. The molecule has 1 heteroatoms. The molecule has 0 heterocycles. The monoisotopic (exact) mass is 260 g/mol. The highest BCUT2D eigenvalue weighted by Crippen LogP contribution is 2.15. The number of ketones is 1. The molecule has 1 aromatic carbocycles. The minimum Gasteiger partial charge on any atom is -0.294 e. The lowest BCUT2D eigenvalue weighted by Crippen LogP contribution is -2.02. The number of hydrogen-bond donors (Lipinski definition) is 0. The Labute approximate surface area is 118 Å². The normalized spacial score (nSPS) is 10.7. The highest BCUT2D eigenvalue weighted by atomic mass is 16.1. The van der Waals surface area contributed by atoms with Crippen LogP contribution >= 0.6 is 0 Å². The van der Waals surface area contributed by atoms with Crippen LogP contribution in [0, 0.1) is 13.8 Å². The van der Waals surface area contributed by atoms with E-state index in [9.17, 15) is 4.79 Å². The maximum absolute atomic E-state index is 12.1. The Morgan fingerprint density at radius 2 is 1.58 bits per heavy atom. The van der Waals surface area contributed by atoms with E-state index in [1.807, 2.05) is 19.1 Å². The first-order valence-corrected chi connectivity index (χ1v) is 7.75. The second kappa shape index (κ2) is 8.90. The molecule has 0 radical (unpaired) electrons. The molecule has 1 nitrogen and oxygen atoms in total. The number of aryl methyl sites for hydroxylation is 2. The number of Topliss-reactive ketones (excluding diaryl/α,β-unsaturated/α-hetero) is 1. The Kier molecular flexibility index (Phi) is 7.47. The maximum Gasteiger partial charge on any atom is 0.163 e. The van der Waals surface area contributed by atoms with Crippen molar-refractivity contribution in [2.75, 3.05) is 0 Å². The Balaban J connectivity index is 2.24. The van der Waals surface area contributed by atoms with Crippen LogP contribution < -0.4 is 0 Å². The lowest BCUT2D eigenvalue weighted by Gasteiger charge is -2.06.